The second-order valence-electron chi connectivity index (χ2n) is 7.12. The molecule has 6 heteroatoms. The third-order valence-electron chi connectivity index (χ3n) is 5.50. The molecule has 2 aliphatic rings. The van der Waals surface area contributed by atoms with Crippen molar-refractivity contribution in [1.82, 2.24) is 4.90 Å². The normalized spacial score (nSPS) is 19.1. The number of para-hydroxylation sites is 1. The fourth-order valence-electron chi connectivity index (χ4n) is 3.98. The fraction of sp³-hybridized carbons (Fsp3) is 0.304. The van der Waals surface area contributed by atoms with Gasteiger partial charge in [-0.15, -0.1) is 0 Å². The van der Waals surface area contributed by atoms with Crippen LogP contribution in [-0.4, -0.2) is 30.5 Å². The van der Waals surface area contributed by atoms with Crippen LogP contribution in [0.3, 0.4) is 0 Å². The second-order valence-corrected chi connectivity index (χ2v) is 8.06. The number of hydrogen-bond acceptors (Lipinski definition) is 5. The van der Waals surface area contributed by atoms with Crippen LogP contribution in [0.4, 0.5) is 5.69 Å². The number of carbonyl (C=O) groups is 1. The standard InChI is InChI=1S/C23H23N3O2S/c1-3-16-7-4-5-10-21(16)25-14-26-22(27)12-19(20(13-24)23(26)29-15-25)17-8-6-9-18(11-17)28-2/h4-11,19H,3,12,14-15H2,1-2H3. The van der Waals surface area contributed by atoms with Gasteiger partial charge < -0.3 is 9.64 Å². The molecule has 4 rings (SSSR count). The van der Waals surface area contributed by atoms with Gasteiger partial charge in [0.05, 0.1) is 36.3 Å². The van der Waals surface area contributed by atoms with Crippen molar-refractivity contribution in [2.24, 2.45) is 0 Å². The Morgan fingerprint density at radius 3 is 2.83 bits per heavy atom. The summed E-state index contributed by atoms with van der Waals surface area (Å²) in [6.45, 7) is 2.62. The van der Waals surface area contributed by atoms with Crippen molar-refractivity contribution in [3.63, 3.8) is 0 Å². The third-order valence-corrected chi connectivity index (χ3v) is 6.66. The van der Waals surface area contributed by atoms with Crippen molar-refractivity contribution in [2.45, 2.75) is 25.7 Å². The number of allylic oxidation sites excluding steroid dienone is 1. The molecule has 1 saturated heterocycles. The summed E-state index contributed by atoms with van der Waals surface area (Å²) < 4.78 is 5.33. The first kappa shape index (κ1) is 19.4. The number of carbonyl (C=O) groups excluding carboxylic acids is 1. The van der Waals surface area contributed by atoms with E-state index < -0.39 is 0 Å². The number of fused-ring (bicyclic) bond motifs is 1. The number of nitriles is 1. The summed E-state index contributed by atoms with van der Waals surface area (Å²) in [5, 5.41) is 10.7. The Labute approximate surface area is 175 Å². The van der Waals surface area contributed by atoms with E-state index in [2.05, 4.69) is 30.0 Å². The molecule has 0 saturated carbocycles. The number of hydrogen-bond donors (Lipinski definition) is 0. The van der Waals surface area contributed by atoms with Crippen LogP contribution >= 0.6 is 11.8 Å². The average molecular weight is 406 g/mol. The number of nitrogens with zero attached hydrogens (tertiary/aromatic N) is 3. The van der Waals surface area contributed by atoms with Crippen molar-refractivity contribution >= 4 is 23.4 Å². The smallest absolute Gasteiger partial charge is 0.229 e. The molecule has 2 heterocycles. The number of ether oxygens (including phenoxy) is 1. The van der Waals surface area contributed by atoms with Gasteiger partial charge in [0, 0.05) is 18.0 Å². The van der Waals surface area contributed by atoms with E-state index in [1.165, 1.54) is 5.56 Å². The molecule has 2 aromatic rings. The molecule has 0 radical (unpaired) electrons. The quantitative estimate of drug-likeness (QED) is 0.751. The SMILES string of the molecule is CCc1ccccc1N1CSC2=C(C#N)C(c3cccc(OC)c3)CC(=O)N2C1. The molecular weight excluding hydrogens is 382 g/mol. The van der Waals surface area contributed by atoms with E-state index in [1.54, 1.807) is 23.8 Å². The highest BCUT2D eigenvalue weighted by Gasteiger charge is 2.38. The van der Waals surface area contributed by atoms with Crippen LogP contribution in [0.25, 0.3) is 0 Å². The van der Waals surface area contributed by atoms with Gasteiger partial charge in [-0.3, -0.25) is 9.69 Å². The molecule has 1 fully saturated rings. The Bertz CT molecular complexity index is 1010. The van der Waals surface area contributed by atoms with Crippen LogP contribution in [0.5, 0.6) is 5.75 Å². The lowest BCUT2D eigenvalue weighted by atomic mass is 9.86. The van der Waals surface area contributed by atoms with Crippen LogP contribution in [0.15, 0.2) is 59.1 Å². The van der Waals surface area contributed by atoms with Gasteiger partial charge in [0.15, 0.2) is 0 Å². The maximum Gasteiger partial charge on any atom is 0.229 e. The molecule has 1 unspecified atom stereocenters. The molecule has 29 heavy (non-hydrogen) atoms. The minimum absolute atomic E-state index is 0.0537. The van der Waals surface area contributed by atoms with Gasteiger partial charge in [-0.25, -0.2) is 0 Å². The monoisotopic (exact) mass is 405 g/mol. The predicted octanol–water partition coefficient (Wildman–Crippen LogP) is 4.48. The summed E-state index contributed by atoms with van der Waals surface area (Å²) in [5.41, 5.74) is 4.04. The van der Waals surface area contributed by atoms with E-state index in [0.717, 1.165) is 28.5 Å². The molecule has 1 atom stereocenters. The molecule has 5 nitrogen and oxygen atoms in total. The highest BCUT2D eigenvalue weighted by molar-refractivity contribution is 8.03. The first-order chi connectivity index (χ1) is 14.2. The van der Waals surface area contributed by atoms with Gasteiger partial charge in [0.2, 0.25) is 5.91 Å². The topological polar surface area (TPSA) is 56.6 Å². The molecule has 0 spiro atoms. The van der Waals surface area contributed by atoms with Gasteiger partial charge in [-0.1, -0.05) is 49.0 Å². The van der Waals surface area contributed by atoms with Crippen LogP contribution in [0.1, 0.15) is 30.4 Å². The fourth-order valence-corrected chi connectivity index (χ4v) is 5.13. The van der Waals surface area contributed by atoms with Gasteiger partial charge >= 0.3 is 0 Å². The molecule has 148 valence electrons. The number of thioether (sulfide) groups is 1. The van der Waals surface area contributed by atoms with E-state index in [0.29, 0.717) is 24.5 Å². The molecule has 1 amide bonds. The Kier molecular flexibility index (Phi) is 5.50. The Balaban J connectivity index is 1.67. The summed E-state index contributed by atoms with van der Waals surface area (Å²) in [5.74, 6) is 1.28. The zero-order valence-electron chi connectivity index (χ0n) is 16.6. The predicted molar refractivity (Wildman–Crippen MR) is 115 cm³/mol. The van der Waals surface area contributed by atoms with Crippen molar-refractivity contribution in [3.05, 3.63) is 70.3 Å². The summed E-state index contributed by atoms with van der Waals surface area (Å²) in [6, 6.07) is 18.4. The number of methoxy groups -OCH3 is 1. The lowest BCUT2D eigenvalue weighted by Crippen LogP contribution is -2.47. The van der Waals surface area contributed by atoms with Crippen LogP contribution in [0, 0.1) is 11.3 Å². The zero-order chi connectivity index (χ0) is 20.4. The van der Waals surface area contributed by atoms with E-state index in [-0.39, 0.29) is 11.8 Å². The summed E-state index contributed by atoms with van der Waals surface area (Å²) >= 11 is 1.57. The highest BCUT2D eigenvalue weighted by atomic mass is 32.2. The van der Waals surface area contributed by atoms with Gasteiger partial charge in [-0.05, 0) is 35.7 Å². The largest absolute Gasteiger partial charge is 0.497 e. The van der Waals surface area contributed by atoms with E-state index in [4.69, 9.17) is 4.74 Å². The van der Waals surface area contributed by atoms with Crippen molar-refractivity contribution in [3.8, 4) is 11.8 Å². The van der Waals surface area contributed by atoms with Crippen LogP contribution in [-0.2, 0) is 11.2 Å². The molecule has 2 aliphatic heterocycles. The van der Waals surface area contributed by atoms with Crippen LogP contribution < -0.4 is 9.64 Å². The maximum atomic E-state index is 13.1. The Hall–Kier alpha value is -2.91. The third kappa shape index (κ3) is 3.58. The summed E-state index contributed by atoms with van der Waals surface area (Å²) in [7, 11) is 1.62. The summed E-state index contributed by atoms with van der Waals surface area (Å²) in [4.78, 5) is 17.1. The Morgan fingerprint density at radius 1 is 1.24 bits per heavy atom. The van der Waals surface area contributed by atoms with E-state index in [9.17, 15) is 10.1 Å². The maximum absolute atomic E-state index is 13.1. The minimum Gasteiger partial charge on any atom is -0.497 e. The first-order valence-electron chi connectivity index (χ1n) is 9.70. The van der Waals surface area contributed by atoms with E-state index >= 15 is 0 Å². The second kappa shape index (κ2) is 8.22. The minimum atomic E-state index is -0.226. The summed E-state index contributed by atoms with van der Waals surface area (Å²) in [6.07, 6.45) is 1.23. The number of benzene rings is 2. The van der Waals surface area contributed by atoms with Crippen molar-refractivity contribution < 1.29 is 9.53 Å². The van der Waals surface area contributed by atoms with Crippen molar-refractivity contribution in [1.29, 1.82) is 5.26 Å². The molecule has 2 aromatic carbocycles. The number of anilines is 1. The van der Waals surface area contributed by atoms with Gasteiger partial charge in [0.25, 0.3) is 0 Å². The van der Waals surface area contributed by atoms with Gasteiger partial charge in [0.1, 0.15) is 5.75 Å². The molecule has 0 bridgehead atoms. The van der Waals surface area contributed by atoms with Crippen molar-refractivity contribution in [2.75, 3.05) is 24.6 Å². The van der Waals surface area contributed by atoms with Crippen LogP contribution in [0.2, 0.25) is 0 Å². The lowest BCUT2D eigenvalue weighted by Gasteiger charge is -2.42. The average Bonchev–Trinajstić information content (AvgIpc) is 2.78. The molecule has 0 aromatic heterocycles. The Morgan fingerprint density at radius 2 is 2.07 bits per heavy atom. The first-order valence-corrected chi connectivity index (χ1v) is 10.7. The van der Waals surface area contributed by atoms with Gasteiger partial charge in [-0.2, -0.15) is 5.26 Å². The highest BCUT2D eigenvalue weighted by Crippen LogP contribution is 2.44. The molecular formula is C23H23N3O2S. The molecule has 0 aliphatic carbocycles. The lowest BCUT2D eigenvalue weighted by molar-refractivity contribution is -0.129. The number of rotatable bonds is 4. The number of amides is 1. The zero-order valence-corrected chi connectivity index (χ0v) is 17.4. The molecule has 0 N–H and O–H groups in total. The number of aryl methyl sites for hydroxylation is 1. The van der Waals surface area contributed by atoms with E-state index in [1.807, 2.05) is 36.4 Å².